The summed E-state index contributed by atoms with van der Waals surface area (Å²) in [4.78, 5) is 11.6. The lowest BCUT2D eigenvalue weighted by Crippen LogP contribution is -2.28. The number of amides is 1. The van der Waals surface area contributed by atoms with Crippen molar-refractivity contribution in [1.29, 1.82) is 0 Å². The maximum atomic E-state index is 11.6. The average Bonchev–Trinajstić information content (AvgIpc) is 2.38. The minimum atomic E-state index is 0.173. The Morgan fingerprint density at radius 2 is 2.06 bits per heavy atom. The van der Waals surface area contributed by atoms with Gasteiger partial charge in [0.05, 0.1) is 0 Å². The molecular formula is C15H22BrNO. The van der Waals surface area contributed by atoms with Gasteiger partial charge in [-0.15, -0.1) is 0 Å². The van der Waals surface area contributed by atoms with Crippen LogP contribution in [0.2, 0.25) is 0 Å². The molecule has 0 aliphatic carbocycles. The van der Waals surface area contributed by atoms with Crippen molar-refractivity contribution in [2.45, 2.75) is 32.6 Å². The Morgan fingerprint density at radius 3 is 2.72 bits per heavy atom. The van der Waals surface area contributed by atoms with Crippen molar-refractivity contribution < 1.29 is 4.79 Å². The lowest BCUT2D eigenvalue weighted by atomic mass is 10.1. The molecule has 1 atom stereocenters. The van der Waals surface area contributed by atoms with Gasteiger partial charge in [0.2, 0.25) is 5.91 Å². The summed E-state index contributed by atoms with van der Waals surface area (Å²) in [6, 6.07) is 10.3. The molecule has 1 amide bonds. The standard InChI is InChI=1S/C15H22BrNO/c1-13(10-11-16)12-17-15(18)9-5-8-14-6-3-2-4-7-14/h2-4,6-7,13H,5,8-12H2,1H3,(H,17,18). The fourth-order valence-electron chi connectivity index (χ4n) is 1.76. The molecule has 1 aromatic carbocycles. The van der Waals surface area contributed by atoms with E-state index in [0.29, 0.717) is 12.3 Å². The Bertz CT molecular complexity index is 340. The highest BCUT2D eigenvalue weighted by Crippen LogP contribution is 2.05. The van der Waals surface area contributed by atoms with Crippen molar-refractivity contribution in [3.05, 3.63) is 35.9 Å². The Balaban J connectivity index is 2.10. The maximum absolute atomic E-state index is 11.6. The summed E-state index contributed by atoms with van der Waals surface area (Å²) in [7, 11) is 0. The first-order valence-corrected chi connectivity index (χ1v) is 7.71. The number of carbonyl (C=O) groups excluding carboxylic acids is 1. The number of nitrogens with one attached hydrogen (secondary N) is 1. The number of hydrogen-bond donors (Lipinski definition) is 1. The van der Waals surface area contributed by atoms with Crippen molar-refractivity contribution in [2.75, 3.05) is 11.9 Å². The molecule has 0 radical (unpaired) electrons. The van der Waals surface area contributed by atoms with Crippen LogP contribution < -0.4 is 5.32 Å². The zero-order valence-corrected chi connectivity index (χ0v) is 12.6. The first kappa shape index (κ1) is 15.2. The molecule has 18 heavy (non-hydrogen) atoms. The van der Waals surface area contributed by atoms with Crippen LogP contribution in [0.15, 0.2) is 30.3 Å². The molecule has 0 fully saturated rings. The summed E-state index contributed by atoms with van der Waals surface area (Å²) in [5.41, 5.74) is 1.30. The van der Waals surface area contributed by atoms with E-state index < -0.39 is 0 Å². The number of aryl methyl sites for hydroxylation is 1. The molecule has 0 aliphatic rings. The van der Waals surface area contributed by atoms with Gasteiger partial charge in [0.1, 0.15) is 0 Å². The van der Waals surface area contributed by atoms with Crippen LogP contribution in [0.1, 0.15) is 31.7 Å². The minimum absolute atomic E-state index is 0.173. The van der Waals surface area contributed by atoms with Gasteiger partial charge in [-0.25, -0.2) is 0 Å². The number of benzene rings is 1. The normalized spacial score (nSPS) is 12.1. The predicted molar refractivity (Wildman–Crippen MR) is 80.0 cm³/mol. The largest absolute Gasteiger partial charge is 0.356 e. The lowest BCUT2D eigenvalue weighted by Gasteiger charge is -2.10. The molecule has 1 rings (SSSR count). The van der Waals surface area contributed by atoms with Crippen LogP contribution in [-0.2, 0) is 11.2 Å². The monoisotopic (exact) mass is 311 g/mol. The van der Waals surface area contributed by atoms with Gasteiger partial charge in [-0.1, -0.05) is 53.2 Å². The molecule has 0 bridgehead atoms. The van der Waals surface area contributed by atoms with E-state index in [1.54, 1.807) is 0 Å². The molecule has 0 saturated heterocycles. The van der Waals surface area contributed by atoms with E-state index in [1.807, 2.05) is 18.2 Å². The van der Waals surface area contributed by atoms with Gasteiger partial charge in [0.15, 0.2) is 0 Å². The van der Waals surface area contributed by atoms with Crippen LogP contribution in [0.3, 0.4) is 0 Å². The summed E-state index contributed by atoms with van der Waals surface area (Å²) in [5, 5.41) is 3.99. The fraction of sp³-hybridized carbons (Fsp3) is 0.533. The van der Waals surface area contributed by atoms with Crippen LogP contribution in [0.5, 0.6) is 0 Å². The van der Waals surface area contributed by atoms with E-state index in [1.165, 1.54) is 5.56 Å². The molecule has 0 aliphatic heterocycles. The van der Waals surface area contributed by atoms with Crippen molar-refractivity contribution in [1.82, 2.24) is 5.32 Å². The van der Waals surface area contributed by atoms with Gasteiger partial charge in [0.25, 0.3) is 0 Å². The molecule has 100 valence electrons. The highest BCUT2D eigenvalue weighted by molar-refractivity contribution is 9.09. The van der Waals surface area contributed by atoms with E-state index in [4.69, 9.17) is 0 Å². The topological polar surface area (TPSA) is 29.1 Å². The van der Waals surface area contributed by atoms with E-state index in [0.717, 1.165) is 31.1 Å². The molecule has 0 aromatic heterocycles. The van der Waals surface area contributed by atoms with Crippen LogP contribution in [0.4, 0.5) is 0 Å². The molecule has 0 saturated carbocycles. The maximum Gasteiger partial charge on any atom is 0.220 e. The van der Waals surface area contributed by atoms with Gasteiger partial charge in [0, 0.05) is 18.3 Å². The highest BCUT2D eigenvalue weighted by atomic mass is 79.9. The number of alkyl halides is 1. The van der Waals surface area contributed by atoms with E-state index in [2.05, 4.69) is 40.3 Å². The van der Waals surface area contributed by atoms with Gasteiger partial charge >= 0.3 is 0 Å². The predicted octanol–water partition coefficient (Wildman–Crippen LogP) is 3.55. The van der Waals surface area contributed by atoms with Crippen molar-refractivity contribution in [3.8, 4) is 0 Å². The zero-order valence-electron chi connectivity index (χ0n) is 11.0. The van der Waals surface area contributed by atoms with Crippen LogP contribution in [-0.4, -0.2) is 17.8 Å². The van der Waals surface area contributed by atoms with E-state index in [9.17, 15) is 4.79 Å². The summed E-state index contributed by atoms with van der Waals surface area (Å²) >= 11 is 3.41. The quantitative estimate of drug-likeness (QED) is 0.731. The van der Waals surface area contributed by atoms with Gasteiger partial charge in [-0.3, -0.25) is 4.79 Å². The third-order valence-electron chi connectivity index (χ3n) is 2.96. The van der Waals surface area contributed by atoms with E-state index >= 15 is 0 Å². The van der Waals surface area contributed by atoms with Crippen LogP contribution >= 0.6 is 15.9 Å². The van der Waals surface area contributed by atoms with Crippen LogP contribution in [0, 0.1) is 5.92 Å². The average molecular weight is 312 g/mol. The molecular weight excluding hydrogens is 290 g/mol. The lowest BCUT2D eigenvalue weighted by molar-refractivity contribution is -0.121. The highest BCUT2D eigenvalue weighted by Gasteiger charge is 2.05. The fourth-order valence-corrected chi connectivity index (χ4v) is 2.54. The molecule has 3 heteroatoms. The zero-order chi connectivity index (χ0) is 13.2. The summed E-state index contributed by atoms with van der Waals surface area (Å²) in [6.07, 6.45) is 3.62. The third kappa shape index (κ3) is 6.80. The summed E-state index contributed by atoms with van der Waals surface area (Å²) < 4.78 is 0. The van der Waals surface area contributed by atoms with Crippen molar-refractivity contribution in [3.63, 3.8) is 0 Å². The third-order valence-corrected chi connectivity index (χ3v) is 3.42. The Kier molecular flexibility index (Phi) is 7.74. The second kappa shape index (κ2) is 9.15. The summed E-state index contributed by atoms with van der Waals surface area (Å²) in [6.45, 7) is 2.95. The van der Waals surface area contributed by atoms with E-state index in [-0.39, 0.29) is 5.91 Å². The number of rotatable bonds is 8. The Hall–Kier alpha value is -0.830. The molecule has 1 unspecified atom stereocenters. The van der Waals surface area contributed by atoms with Gasteiger partial charge in [-0.2, -0.15) is 0 Å². The molecule has 1 N–H and O–H groups in total. The number of hydrogen-bond acceptors (Lipinski definition) is 1. The van der Waals surface area contributed by atoms with Crippen LogP contribution in [0.25, 0.3) is 0 Å². The molecule has 1 aromatic rings. The Labute approximate surface area is 118 Å². The van der Waals surface area contributed by atoms with Gasteiger partial charge in [-0.05, 0) is 30.7 Å². The first-order chi connectivity index (χ1) is 8.72. The SMILES string of the molecule is CC(CCBr)CNC(=O)CCCc1ccccc1. The van der Waals surface area contributed by atoms with Crippen molar-refractivity contribution >= 4 is 21.8 Å². The minimum Gasteiger partial charge on any atom is -0.356 e. The second-order valence-electron chi connectivity index (χ2n) is 4.73. The van der Waals surface area contributed by atoms with Gasteiger partial charge < -0.3 is 5.32 Å². The molecule has 0 heterocycles. The van der Waals surface area contributed by atoms with Crippen molar-refractivity contribution in [2.24, 2.45) is 5.92 Å². The first-order valence-electron chi connectivity index (χ1n) is 6.59. The number of halogens is 1. The number of carbonyl (C=O) groups is 1. The smallest absolute Gasteiger partial charge is 0.220 e. The molecule has 0 spiro atoms. The molecule has 2 nitrogen and oxygen atoms in total. The Morgan fingerprint density at radius 1 is 1.33 bits per heavy atom. The summed E-state index contributed by atoms with van der Waals surface area (Å²) in [5.74, 6) is 0.717. The second-order valence-corrected chi connectivity index (χ2v) is 5.52.